The highest BCUT2D eigenvalue weighted by molar-refractivity contribution is 7.93. The van der Waals surface area contributed by atoms with Gasteiger partial charge in [0.1, 0.15) is 11.3 Å². The first-order valence-electron chi connectivity index (χ1n) is 10.8. The van der Waals surface area contributed by atoms with Crippen molar-refractivity contribution in [3.8, 4) is 34.0 Å². The Bertz CT molecular complexity index is 1670. The third-order valence-corrected chi connectivity index (χ3v) is 7.65. The predicted molar refractivity (Wildman–Crippen MR) is 139 cm³/mol. The van der Waals surface area contributed by atoms with Gasteiger partial charge in [0.15, 0.2) is 0 Å². The number of sulfonamides is 1. The molecule has 0 fully saturated rings. The van der Waals surface area contributed by atoms with Gasteiger partial charge in [0.2, 0.25) is 11.0 Å². The maximum atomic E-state index is 12.8. The minimum Gasteiger partial charge on any atom is -0.496 e. The lowest BCUT2D eigenvalue weighted by Crippen LogP contribution is -2.12. The molecule has 0 saturated heterocycles. The molecule has 5 aromatic rings. The summed E-state index contributed by atoms with van der Waals surface area (Å²) in [4.78, 5) is 9.07. The number of pyridine rings is 2. The number of nitrogens with zero attached hydrogens (tertiary/aromatic N) is 4. The van der Waals surface area contributed by atoms with E-state index in [0.29, 0.717) is 17.3 Å². The van der Waals surface area contributed by atoms with Crippen LogP contribution in [-0.4, -0.2) is 42.8 Å². The van der Waals surface area contributed by atoms with Gasteiger partial charge in [-0.3, -0.25) is 9.71 Å². The molecule has 0 aliphatic rings. The minimum absolute atomic E-state index is 0.115. The molecule has 3 heterocycles. The number of benzene rings is 2. The molecule has 0 saturated carbocycles. The number of ether oxygens (including phenoxy) is 2. The van der Waals surface area contributed by atoms with Crippen LogP contribution in [0, 0.1) is 6.92 Å². The molecule has 36 heavy (non-hydrogen) atoms. The quantitative estimate of drug-likeness (QED) is 0.321. The van der Waals surface area contributed by atoms with Crippen LogP contribution in [0.4, 0.5) is 5.13 Å². The van der Waals surface area contributed by atoms with Gasteiger partial charge in [0, 0.05) is 28.9 Å². The van der Waals surface area contributed by atoms with Crippen LogP contribution in [-0.2, 0) is 10.0 Å². The zero-order chi connectivity index (χ0) is 25.3. The fourth-order valence-corrected chi connectivity index (χ4v) is 5.64. The number of hydrogen-bond donors (Lipinski definition) is 1. The van der Waals surface area contributed by atoms with Crippen molar-refractivity contribution in [2.45, 2.75) is 11.8 Å². The van der Waals surface area contributed by atoms with E-state index < -0.39 is 10.0 Å². The van der Waals surface area contributed by atoms with Crippen LogP contribution in [0.15, 0.2) is 71.3 Å². The van der Waals surface area contributed by atoms with E-state index in [1.807, 2.05) is 31.2 Å². The molecule has 2 aromatic carbocycles. The summed E-state index contributed by atoms with van der Waals surface area (Å²) < 4.78 is 39.3. The summed E-state index contributed by atoms with van der Waals surface area (Å²) in [7, 11) is -0.628. The van der Waals surface area contributed by atoms with Crippen molar-refractivity contribution in [1.29, 1.82) is 0 Å². The van der Waals surface area contributed by atoms with Crippen molar-refractivity contribution in [2.24, 2.45) is 0 Å². The van der Waals surface area contributed by atoms with Crippen molar-refractivity contribution in [3.05, 3.63) is 72.0 Å². The summed E-state index contributed by atoms with van der Waals surface area (Å²) in [6, 6.07) is 14.5. The first kappa shape index (κ1) is 23.6. The molecular formula is C25H21N5O4S2. The highest BCUT2D eigenvalue weighted by Gasteiger charge is 2.19. The average Bonchev–Trinajstić information content (AvgIpc) is 3.40. The summed E-state index contributed by atoms with van der Waals surface area (Å²) in [6.07, 6.45) is 3.40. The molecule has 0 bridgehead atoms. The SMILES string of the molecule is COc1cc(-c2cc(C)cnc2OC)ccc1-c1nccc2cc(S(=O)(=O)Nc3nncs3)ccc12. The van der Waals surface area contributed by atoms with Gasteiger partial charge in [-0.25, -0.2) is 13.4 Å². The highest BCUT2D eigenvalue weighted by atomic mass is 32.2. The lowest BCUT2D eigenvalue weighted by Gasteiger charge is -2.14. The third kappa shape index (κ3) is 4.45. The van der Waals surface area contributed by atoms with Gasteiger partial charge in [-0.15, -0.1) is 10.2 Å². The first-order chi connectivity index (χ1) is 17.4. The zero-order valence-electron chi connectivity index (χ0n) is 19.6. The molecule has 5 rings (SSSR count). The number of nitrogens with one attached hydrogen (secondary N) is 1. The first-order valence-corrected chi connectivity index (χ1v) is 13.1. The van der Waals surface area contributed by atoms with Crippen LogP contribution in [0.3, 0.4) is 0 Å². The molecule has 0 radical (unpaired) electrons. The maximum absolute atomic E-state index is 12.8. The third-order valence-electron chi connectivity index (χ3n) is 5.58. The van der Waals surface area contributed by atoms with Gasteiger partial charge in [0.05, 0.1) is 24.8 Å². The number of hydrogen-bond acceptors (Lipinski definition) is 9. The molecule has 9 nitrogen and oxygen atoms in total. The summed E-state index contributed by atoms with van der Waals surface area (Å²) in [6.45, 7) is 1.97. The Hall–Kier alpha value is -4.09. The lowest BCUT2D eigenvalue weighted by molar-refractivity contribution is 0.399. The van der Waals surface area contributed by atoms with Crippen LogP contribution >= 0.6 is 11.3 Å². The largest absolute Gasteiger partial charge is 0.496 e. The van der Waals surface area contributed by atoms with Crippen LogP contribution in [0.5, 0.6) is 11.6 Å². The molecule has 1 N–H and O–H groups in total. The summed E-state index contributed by atoms with van der Waals surface area (Å²) in [5, 5.41) is 9.12. The van der Waals surface area contributed by atoms with E-state index >= 15 is 0 Å². The highest BCUT2D eigenvalue weighted by Crippen LogP contribution is 2.38. The number of methoxy groups -OCH3 is 2. The van der Waals surface area contributed by atoms with Gasteiger partial charge >= 0.3 is 0 Å². The minimum atomic E-state index is -3.82. The van der Waals surface area contributed by atoms with E-state index in [-0.39, 0.29) is 10.0 Å². The van der Waals surface area contributed by atoms with Crippen LogP contribution in [0.1, 0.15) is 5.56 Å². The monoisotopic (exact) mass is 519 g/mol. The maximum Gasteiger partial charge on any atom is 0.263 e. The molecular weight excluding hydrogens is 498 g/mol. The van der Waals surface area contributed by atoms with Crippen LogP contribution < -0.4 is 14.2 Å². The van der Waals surface area contributed by atoms with Crippen molar-refractivity contribution in [1.82, 2.24) is 20.2 Å². The van der Waals surface area contributed by atoms with E-state index in [1.165, 1.54) is 5.51 Å². The van der Waals surface area contributed by atoms with Gasteiger partial charge in [0.25, 0.3) is 10.0 Å². The molecule has 182 valence electrons. The van der Waals surface area contributed by atoms with E-state index in [4.69, 9.17) is 9.47 Å². The molecule has 11 heteroatoms. The Morgan fingerprint density at radius 1 is 0.944 bits per heavy atom. The number of rotatable bonds is 7. The Balaban J connectivity index is 1.57. The molecule has 0 amide bonds. The van der Waals surface area contributed by atoms with Crippen molar-refractivity contribution in [2.75, 3.05) is 18.9 Å². The predicted octanol–water partition coefficient (Wildman–Crippen LogP) is 4.94. The second-order valence-corrected chi connectivity index (χ2v) is 10.4. The number of aryl methyl sites for hydroxylation is 1. The molecule has 0 atom stereocenters. The van der Waals surface area contributed by atoms with Gasteiger partial charge in [-0.2, -0.15) is 0 Å². The van der Waals surface area contributed by atoms with Gasteiger partial charge in [-0.05, 0) is 59.8 Å². The molecule has 0 aliphatic carbocycles. The average molecular weight is 520 g/mol. The lowest BCUT2D eigenvalue weighted by atomic mass is 9.99. The summed E-state index contributed by atoms with van der Waals surface area (Å²) >= 11 is 1.11. The normalized spacial score (nSPS) is 11.4. The van der Waals surface area contributed by atoms with Crippen LogP contribution in [0.25, 0.3) is 33.2 Å². The fraction of sp³-hybridized carbons (Fsp3) is 0.120. The van der Waals surface area contributed by atoms with Gasteiger partial charge in [-0.1, -0.05) is 23.5 Å². The van der Waals surface area contributed by atoms with E-state index in [2.05, 4.69) is 24.9 Å². The standard InChI is InChI=1S/C25H21N5O4S2/c1-15-10-21(24(34-3)27-13-15)16-4-6-20(22(12-16)33-2)23-19-7-5-18(11-17(19)8-9-26-23)36(31,32)30-25-29-28-14-35-25/h4-14H,1-3H3,(H,29,30). The van der Waals surface area contributed by atoms with E-state index in [0.717, 1.165) is 44.4 Å². The number of fused-ring (bicyclic) bond motifs is 1. The smallest absolute Gasteiger partial charge is 0.263 e. The zero-order valence-corrected chi connectivity index (χ0v) is 21.2. The van der Waals surface area contributed by atoms with Gasteiger partial charge < -0.3 is 9.47 Å². The van der Waals surface area contributed by atoms with Crippen molar-refractivity contribution in [3.63, 3.8) is 0 Å². The molecule has 0 aliphatic heterocycles. The Labute approximate surface area is 211 Å². The Kier molecular flexibility index (Phi) is 6.25. The van der Waals surface area contributed by atoms with Crippen LogP contribution in [0.2, 0.25) is 0 Å². The second kappa shape index (κ2) is 9.51. The van der Waals surface area contributed by atoms with E-state index in [9.17, 15) is 8.42 Å². The second-order valence-electron chi connectivity index (χ2n) is 7.88. The van der Waals surface area contributed by atoms with Crippen molar-refractivity contribution < 1.29 is 17.9 Å². The number of anilines is 1. The molecule has 0 unspecified atom stereocenters. The summed E-state index contributed by atoms with van der Waals surface area (Å²) in [5.41, 5.74) is 5.66. The van der Waals surface area contributed by atoms with E-state index in [1.54, 1.807) is 50.9 Å². The van der Waals surface area contributed by atoms with Crippen molar-refractivity contribution >= 4 is 37.3 Å². The molecule has 0 spiro atoms. The Morgan fingerprint density at radius 3 is 2.56 bits per heavy atom. The number of aromatic nitrogens is 4. The molecule has 3 aromatic heterocycles. The topological polar surface area (TPSA) is 116 Å². The Morgan fingerprint density at radius 2 is 1.81 bits per heavy atom. The fourth-order valence-electron chi connectivity index (χ4n) is 3.91. The summed E-state index contributed by atoms with van der Waals surface area (Å²) in [5.74, 6) is 1.14.